The van der Waals surface area contributed by atoms with E-state index in [-0.39, 0.29) is 5.56 Å². The van der Waals surface area contributed by atoms with Gasteiger partial charge in [-0.2, -0.15) is 0 Å². The van der Waals surface area contributed by atoms with E-state index < -0.39 is 5.97 Å². The highest BCUT2D eigenvalue weighted by Gasteiger charge is 2.20. The summed E-state index contributed by atoms with van der Waals surface area (Å²) in [5.74, 6) is -0.450. The Morgan fingerprint density at radius 3 is 2.61 bits per heavy atom. The second-order valence-corrected chi connectivity index (χ2v) is 8.93. The molecular formula is C28H23NO3S. The van der Waals surface area contributed by atoms with Crippen molar-refractivity contribution in [3.8, 4) is 17.0 Å². The zero-order valence-electron chi connectivity index (χ0n) is 18.5. The standard InChI is InChI=1S/C28H23NO3S/c1-3-18-12-13-24(32-15-19-9-5-4-8-17(19)2)26-21(28(30)31)14-23(29-27(18)26)22-16-33-25-11-7-6-10-20(22)25/h4-14,16H,3,15H2,1-2H3,(H,30,31). The highest BCUT2D eigenvalue weighted by Crippen LogP contribution is 2.38. The summed E-state index contributed by atoms with van der Waals surface area (Å²) in [7, 11) is 0. The number of aromatic nitrogens is 1. The molecule has 0 spiro atoms. The minimum Gasteiger partial charge on any atom is -0.488 e. The van der Waals surface area contributed by atoms with Crippen LogP contribution in [0.1, 0.15) is 34.0 Å². The zero-order valence-corrected chi connectivity index (χ0v) is 19.3. The summed E-state index contributed by atoms with van der Waals surface area (Å²) in [5, 5.41) is 13.8. The number of carboxylic acid groups (broad SMARTS) is 1. The van der Waals surface area contributed by atoms with Crippen molar-refractivity contribution in [3.63, 3.8) is 0 Å². The SMILES string of the molecule is CCc1ccc(OCc2ccccc2C)c2c(C(=O)O)cc(-c3csc4ccccc34)nc12. The number of rotatable bonds is 6. The molecule has 0 fully saturated rings. The second-order valence-electron chi connectivity index (χ2n) is 8.02. The first-order chi connectivity index (χ1) is 16.1. The third kappa shape index (κ3) is 3.85. The molecule has 0 amide bonds. The summed E-state index contributed by atoms with van der Waals surface area (Å²) in [6.45, 7) is 4.46. The molecule has 0 aliphatic rings. The third-order valence-corrected chi connectivity index (χ3v) is 6.98. The van der Waals surface area contributed by atoms with Gasteiger partial charge in [0.15, 0.2) is 0 Å². The summed E-state index contributed by atoms with van der Waals surface area (Å²) >= 11 is 1.64. The van der Waals surface area contributed by atoms with Crippen molar-refractivity contribution < 1.29 is 14.6 Å². The van der Waals surface area contributed by atoms with Crippen LogP contribution in [0.2, 0.25) is 0 Å². The van der Waals surface area contributed by atoms with Gasteiger partial charge in [0.05, 0.1) is 22.2 Å². The molecule has 0 saturated carbocycles. The van der Waals surface area contributed by atoms with Gasteiger partial charge in [-0.3, -0.25) is 0 Å². The minimum absolute atomic E-state index is 0.209. The lowest BCUT2D eigenvalue weighted by Crippen LogP contribution is -2.05. The molecule has 33 heavy (non-hydrogen) atoms. The Balaban J connectivity index is 1.69. The Kier molecular flexibility index (Phi) is 5.56. The quantitative estimate of drug-likeness (QED) is 0.294. The molecule has 164 valence electrons. The van der Waals surface area contributed by atoms with Crippen molar-refractivity contribution >= 4 is 38.3 Å². The molecule has 5 rings (SSSR count). The summed E-state index contributed by atoms with van der Waals surface area (Å²) in [6, 6.07) is 21.7. The highest BCUT2D eigenvalue weighted by molar-refractivity contribution is 7.17. The average Bonchev–Trinajstić information content (AvgIpc) is 3.27. The van der Waals surface area contributed by atoms with Crippen molar-refractivity contribution in [2.24, 2.45) is 0 Å². The summed E-state index contributed by atoms with van der Waals surface area (Å²) in [4.78, 5) is 17.4. The van der Waals surface area contributed by atoms with Crippen LogP contribution in [-0.2, 0) is 13.0 Å². The lowest BCUT2D eigenvalue weighted by atomic mass is 9.99. The Morgan fingerprint density at radius 1 is 1.03 bits per heavy atom. The number of hydrogen-bond acceptors (Lipinski definition) is 4. The summed E-state index contributed by atoms with van der Waals surface area (Å²) < 4.78 is 7.33. The van der Waals surface area contributed by atoms with E-state index in [2.05, 4.69) is 24.4 Å². The van der Waals surface area contributed by atoms with Gasteiger partial charge in [-0.25, -0.2) is 9.78 Å². The lowest BCUT2D eigenvalue weighted by Gasteiger charge is -2.15. The molecular weight excluding hydrogens is 430 g/mol. The number of nitrogens with zero attached hydrogens (tertiary/aromatic N) is 1. The zero-order chi connectivity index (χ0) is 22.9. The van der Waals surface area contributed by atoms with E-state index in [9.17, 15) is 9.90 Å². The van der Waals surface area contributed by atoms with Crippen LogP contribution >= 0.6 is 11.3 Å². The van der Waals surface area contributed by atoms with Gasteiger partial charge in [0, 0.05) is 21.0 Å². The van der Waals surface area contributed by atoms with Crippen molar-refractivity contribution in [3.05, 3.63) is 94.4 Å². The van der Waals surface area contributed by atoms with Crippen molar-refractivity contribution in [1.29, 1.82) is 0 Å². The normalized spacial score (nSPS) is 11.2. The van der Waals surface area contributed by atoms with Crippen LogP contribution in [0.25, 0.3) is 32.2 Å². The van der Waals surface area contributed by atoms with Crippen molar-refractivity contribution in [2.75, 3.05) is 0 Å². The topological polar surface area (TPSA) is 59.4 Å². The Bertz CT molecular complexity index is 1500. The Labute approximate surface area is 196 Å². The molecule has 4 nitrogen and oxygen atoms in total. The van der Waals surface area contributed by atoms with Crippen LogP contribution < -0.4 is 4.74 Å². The number of pyridine rings is 1. The second kappa shape index (κ2) is 8.68. The number of carboxylic acids is 1. The number of fused-ring (bicyclic) bond motifs is 2. The smallest absolute Gasteiger partial charge is 0.336 e. The first-order valence-corrected chi connectivity index (χ1v) is 11.8. The minimum atomic E-state index is -0.989. The fraction of sp³-hybridized carbons (Fsp3) is 0.143. The van der Waals surface area contributed by atoms with E-state index in [0.717, 1.165) is 38.8 Å². The molecule has 3 aromatic carbocycles. The maximum Gasteiger partial charge on any atom is 0.336 e. The molecule has 0 saturated heterocycles. The molecule has 2 heterocycles. The predicted octanol–water partition coefficient (Wildman–Crippen LogP) is 7.26. The monoisotopic (exact) mass is 453 g/mol. The summed E-state index contributed by atoms with van der Waals surface area (Å²) in [6.07, 6.45) is 0.745. The fourth-order valence-electron chi connectivity index (χ4n) is 4.18. The number of thiophene rings is 1. The highest BCUT2D eigenvalue weighted by atomic mass is 32.1. The van der Waals surface area contributed by atoms with Crippen LogP contribution in [-0.4, -0.2) is 16.1 Å². The van der Waals surface area contributed by atoms with E-state index in [0.29, 0.717) is 29.0 Å². The molecule has 0 aliphatic carbocycles. The van der Waals surface area contributed by atoms with Crippen LogP contribution in [0.15, 0.2) is 72.1 Å². The maximum atomic E-state index is 12.4. The van der Waals surface area contributed by atoms with Crippen LogP contribution in [0.5, 0.6) is 5.75 Å². The van der Waals surface area contributed by atoms with Crippen LogP contribution in [0.3, 0.4) is 0 Å². The fourth-order valence-corrected chi connectivity index (χ4v) is 5.14. The van der Waals surface area contributed by atoms with Gasteiger partial charge in [0.1, 0.15) is 12.4 Å². The van der Waals surface area contributed by atoms with E-state index in [1.165, 1.54) is 0 Å². The van der Waals surface area contributed by atoms with Gasteiger partial charge in [-0.05, 0) is 48.2 Å². The van der Waals surface area contributed by atoms with Gasteiger partial charge in [-0.1, -0.05) is 55.5 Å². The number of aryl methyl sites for hydroxylation is 2. The van der Waals surface area contributed by atoms with Crippen LogP contribution in [0, 0.1) is 6.92 Å². The largest absolute Gasteiger partial charge is 0.488 e. The van der Waals surface area contributed by atoms with E-state index in [1.54, 1.807) is 17.4 Å². The van der Waals surface area contributed by atoms with E-state index in [4.69, 9.17) is 9.72 Å². The number of benzene rings is 3. The Morgan fingerprint density at radius 2 is 1.82 bits per heavy atom. The van der Waals surface area contributed by atoms with Crippen molar-refractivity contribution in [1.82, 2.24) is 4.98 Å². The molecule has 5 aromatic rings. The molecule has 0 unspecified atom stereocenters. The molecule has 5 heteroatoms. The first kappa shape index (κ1) is 21.2. The van der Waals surface area contributed by atoms with Gasteiger partial charge in [0.25, 0.3) is 0 Å². The van der Waals surface area contributed by atoms with Gasteiger partial charge >= 0.3 is 5.97 Å². The van der Waals surface area contributed by atoms with E-state index in [1.807, 2.05) is 55.5 Å². The molecule has 2 aromatic heterocycles. The number of carbonyl (C=O) groups is 1. The first-order valence-electron chi connectivity index (χ1n) is 10.9. The van der Waals surface area contributed by atoms with Gasteiger partial charge in [-0.15, -0.1) is 11.3 Å². The van der Waals surface area contributed by atoms with Gasteiger partial charge < -0.3 is 9.84 Å². The van der Waals surface area contributed by atoms with E-state index >= 15 is 0 Å². The maximum absolute atomic E-state index is 12.4. The van der Waals surface area contributed by atoms with Crippen molar-refractivity contribution in [2.45, 2.75) is 26.9 Å². The number of aromatic carboxylic acids is 1. The predicted molar refractivity (Wildman–Crippen MR) is 134 cm³/mol. The van der Waals surface area contributed by atoms with Crippen LogP contribution in [0.4, 0.5) is 0 Å². The Hall–Kier alpha value is -3.70. The summed E-state index contributed by atoms with van der Waals surface area (Å²) in [5.41, 5.74) is 5.71. The molecule has 0 bridgehead atoms. The molecule has 0 radical (unpaired) electrons. The average molecular weight is 454 g/mol. The number of ether oxygens (including phenoxy) is 1. The molecule has 0 aliphatic heterocycles. The molecule has 0 atom stereocenters. The van der Waals surface area contributed by atoms with Gasteiger partial charge in [0.2, 0.25) is 0 Å². The third-order valence-electron chi connectivity index (χ3n) is 6.02. The molecule has 1 N–H and O–H groups in total. The number of hydrogen-bond donors (Lipinski definition) is 1. The lowest BCUT2D eigenvalue weighted by molar-refractivity contribution is 0.0698.